The molecule has 0 saturated heterocycles. The van der Waals surface area contributed by atoms with E-state index in [2.05, 4.69) is 15.0 Å². The van der Waals surface area contributed by atoms with E-state index >= 15 is 0 Å². The van der Waals surface area contributed by atoms with Crippen LogP contribution in [0.2, 0.25) is 0 Å². The van der Waals surface area contributed by atoms with Gasteiger partial charge in [-0.15, -0.1) is 0 Å². The van der Waals surface area contributed by atoms with Gasteiger partial charge in [-0.3, -0.25) is 24.2 Å². The smallest absolute Gasteiger partial charge is 0.305 e. The second kappa shape index (κ2) is 12.2. The third kappa shape index (κ3) is 7.28. The lowest BCUT2D eigenvalue weighted by Crippen LogP contribution is -2.53. The first-order valence-corrected chi connectivity index (χ1v) is 14.0. The van der Waals surface area contributed by atoms with E-state index in [1.807, 2.05) is 13.8 Å². The molecule has 7 N–H and O–H groups in total. The molecule has 0 aliphatic heterocycles. The van der Waals surface area contributed by atoms with Gasteiger partial charge < -0.3 is 31.6 Å². The average Bonchev–Trinajstić information content (AvgIpc) is 3.13. The summed E-state index contributed by atoms with van der Waals surface area (Å²) in [7, 11) is -3.05. The fourth-order valence-electron chi connectivity index (χ4n) is 5.55. The summed E-state index contributed by atoms with van der Waals surface area (Å²) in [5, 5.41) is 11.7. The number of Topliss-reactive ketones (excluding diaryl/α,β-unsaturated/α-hetero) is 1. The average molecular weight is 559 g/mol. The maximum Gasteiger partial charge on any atom is 0.305 e. The molecule has 0 spiro atoms. The molecular formula is C23H38N6O8S. The number of aliphatic imine (C=N–C) groups is 1. The minimum Gasteiger partial charge on any atom is -0.481 e. The lowest BCUT2D eigenvalue weighted by Gasteiger charge is -2.36. The standard InChI is InChI=1S/C23H38N6O8S/c1-22(2)14-6-7-23(22,17(31)9-14)13-38(36,37)28-16(10-19(33)34)20(35)29(3)11-18(32)27-15(12-30)5-4-8-26-21(24)25/h12,14-16,28H,4-11,13H2,1-3H3,(H,27,32)(H,33,34)(H4,24,25,26). The topological polar surface area (TPSA) is 231 Å². The quantitative estimate of drug-likeness (QED) is 0.0664. The lowest BCUT2D eigenvalue weighted by atomic mass is 9.70. The monoisotopic (exact) mass is 558 g/mol. The van der Waals surface area contributed by atoms with Gasteiger partial charge in [-0.25, -0.2) is 13.1 Å². The van der Waals surface area contributed by atoms with Crippen LogP contribution < -0.4 is 21.5 Å². The van der Waals surface area contributed by atoms with Crippen LogP contribution in [0.3, 0.4) is 0 Å². The molecule has 2 fully saturated rings. The molecule has 0 radical (unpaired) electrons. The molecule has 0 aromatic carbocycles. The third-order valence-corrected chi connectivity index (χ3v) is 9.33. The number of nitrogens with two attached hydrogens (primary N) is 2. The molecule has 0 heterocycles. The zero-order valence-corrected chi connectivity index (χ0v) is 22.8. The summed E-state index contributed by atoms with van der Waals surface area (Å²) in [4.78, 5) is 65.5. The largest absolute Gasteiger partial charge is 0.481 e. The maximum absolute atomic E-state index is 13.1. The van der Waals surface area contributed by atoms with E-state index in [1.54, 1.807) is 0 Å². The fourth-order valence-corrected chi connectivity index (χ4v) is 7.58. The van der Waals surface area contributed by atoms with E-state index in [-0.39, 0.29) is 30.6 Å². The minimum atomic E-state index is -4.26. The van der Waals surface area contributed by atoms with Gasteiger partial charge in [0.15, 0.2) is 5.96 Å². The van der Waals surface area contributed by atoms with Crippen LogP contribution in [0, 0.1) is 16.7 Å². The van der Waals surface area contributed by atoms with Crippen molar-refractivity contribution < 1.29 is 37.5 Å². The zero-order chi connectivity index (χ0) is 28.9. The van der Waals surface area contributed by atoms with E-state index in [4.69, 9.17) is 11.5 Å². The summed E-state index contributed by atoms with van der Waals surface area (Å²) < 4.78 is 28.4. The van der Waals surface area contributed by atoms with Crippen molar-refractivity contribution in [3.05, 3.63) is 0 Å². The van der Waals surface area contributed by atoms with Crippen molar-refractivity contribution in [1.29, 1.82) is 0 Å². The van der Waals surface area contributed by atoms with E-state index in [9.17, 15) is 37.5 Å². The molecule has 14 nitrogen and oxygen atoms in total. The number of nitrogens with one attached hydrogen (secondary N) is 2. The first-order chi connectivity index (χ1) is 17.5. The fraction of sp³-hybridized carbons (Fsp3) is 0.739. The Bertz CT molecular complexity index is 1090. The first-order valence-electron chi connectivity index (χ1n) is 12.3. The number of fused-ring (bicyclic) bond motifs is 2. The molecule has 2 amide bonds. The Kier molecular flexibility index (Phi) is 10.00. The van der Waals surface area contributed by atoms with Crippen molar-refractivity contribution in [3.63, 3.8) is 0 Å². The molecule has 2 saturated carbocycles. The minimum absolute atomic E-state index is 0.0769. The van der Waals surface area contributed by atoms with E-state index in [1.165, 1.54) is 7.05 Å². The molecule has 0 aromatic heterocycles. The Labute approximate surface area is 222 Å². The van der Waals surface area contributed by atoms with E-state index in [0.29, 0.717) is 25.5 Å². The molecule has 38 heavy (non-hydrogen) atoms. The molecule has 4 unspecified atom stereocenters. The number of nitrogens with zero attached hydrogens (tertiary/aromatic N) is 2. The summed E-state index contributed by atoms with van der Waals surface area (Å²) in [5.41, 5.74) is 8.81. The van der Waals surface area contributed by atoms with Gasteiger partial charge in [0.05, 0.1) is 24.8 Å². The Morgan fingerprint density at radius 2 is 1.95 bits per heavy atom. The van der Waals surface area contributed by atoms with Crippen LogP contribution in [-0.2, 0) is 34.0 Å². The molecule has 2 rings (SSSR count). The first kappa shape index (κ1) is 31.1. The number of guanidine groups is 1. The van der Waals surface area contributed by atoms with Crippen LogP contribution in [0.4, 0.5) is 0 Å². The number of aldehydes is 1. The highest BCUT2D eigenvalue weighted by Gasteiger charge is 2.65. The molecule has 2 aliphatic rings. The second-order valence-electron chi connectivity index (χ2n) is 10.6. The number of carbonyl (C=O) groups is 5. The van der Waals surface area contributed by atoms with E-state index < -0.39 is 69.4 Å². The summed E-state index contributed by atoms with van der Waals surface area (Å²) >= 11 is 0. The van der Waals surface area contributed by atoms with Gasteiger partial charge in [0.1, 0.15) is 18.1 Å². The summed E-state index contributed by atoms with van der Waals surface area (Å²) in [6.45, 7) is 3.43. The van der Waals surface area contributed by atoms with Crippen molar-refractivity contribution in [2.45, 2.75) is 64.5 Å². The summed E-state index contributed by atoms with van der Waals surface area (Å²) in [6.07, 6.45) is 1.73. The van der Waals surface area contributed by atoms with Crippen molar-refractivity contribution in [1.82, 2.24) is 14.9 Å². The van der Waals surface area contributed by atoms with Crippen LogP contribution in [0.15, 0.2) is 4.99 Å². The normalized spacial score (nSPS) is 23.3. The molecule has 0 aromatic rings. The van der Waals surface area contributed by atoms with Crippen molar-refractivity contribution in [2.24, 2.45) is 33.2 Å². The number of hydrogen-bond acceptors (Lipinski definition) is 8. The van der Waals surface area contributed by atoms with Crippen molar-refractivity contribution in [2.75, 3.05) is 25.9 Å². The van der Waals surface area contributed by atoms with Crippen LogP contribution >= 0.6 is 0 Å². The van der Waals surface area contributed by atoms with Gasteiger partial charge in [-0.2, -0.15) is 0 Å². The number of sulfonamides is 1. The van der Waals surface area contributed by atoms with Gasteiger partial charge >= 0.3 is 5.97 Å². The van der Waals surface area contributed by atoms with Crippen LogP contribution in [0.1, 0.15) is 52.4 Å². The predicted molar refractivity (Wildman–Crippen MR) is 137 cm³/mol. The molecule has 214 valence electrons. The maximum atomic E-state index is 13.1. The predicted octanol–water partition coefficient (Wildman–Crippen LogP) is -1.66. The number of carbonyl (C=O) groups excluding carboxylic acids is 4. The van der Waals surface area contributed by atoms with E-state index in [0.717, 1.165) is 11.3 Å². The summed E-state index contributed by atoms with van der Waals surface area (Å²) in [6, 6.07) is -2.56. The number of carboxylic acids is 1. The molecule has 2 aliphatic carbocycles. The highest BCUT2D eigenvalue weighted by Crippen LogP contribution is 2.64. The second-order valence-corrected chi connectivity index (χ2v) is 12.4. The highest BCUT2D eigenvalue weighted by atomic mass is 32.2. The van der Waals surface area contributed by atoms with Gasteiger partial charge in [0, 0.05) is 25.4 Å². The Morgan fingerprint density at radius 1 is 1.29 bits per heavy atom. The van der Waals surface area contributed by atoms with Crippen molar-refractivity contribution in [3.8, 4) is 0 Å². The van der Waals surface area contributed by atoms with Gasteiger partial charge in [-0.05, 0) is 37.0 Å². The van der Waals surface area contributed by atoms with Gasteiger partial charge in [0.2, 0.25) is 21.8 Å². The van der Waals surface area contributed by atoms with Crippen molar-refractivity contribution >= 4 is 45.8 Å². The Morgan fingerprint density at radius 3 is 2.45 bits per heavy atom. The number of hydrogen-bond donors (Lipinski definition) is 5. The number of ketones is 1. The van der Waals surface area contributed by atoms with Crippen LogP contribution in [0.25, 0.3) is 0 Å². The zero-order valence-electron chi connectivity index (χ0n) is 21.9. The van der Waals surface area contributed by atoms with Crippen LogP contribution in [0.5, 0.6) is 0 Å². The Hall–Kier alpha value is -3.07. The number of amides is 2. The summed E-state index contributed by atoms with van der Waals surface area (Å²) in [5.74, 6) is -3.78. The number of carboxylic acid groups (broad SMARTS) is 1. The molecule has 15 heteroatoms. The van der Waals surface area contributed by atoms with Gasteiger partial charge in [-0.1, -0.05) is 13.8 Å². The highest BCUT2D eigenvalue weighted by molar-refractivity contribution is 7.89. The van der Waals surface area contributed by atoms with Gasteiger partial charge in [0.25, 0.3) is 0 Å². The van der Waals surface area contributed by atoms with Crippen LogP contribution in [-0.4, -0.2) is 92.2 Å². The SMILES string of the molecule is CN(CC(=O)NC(C=O)CCCN=C(N)N)C(=O)C(CC(=O)O)NS(=O)(=O)CC12CCC(CC1=O)C2(C)C. The number of likely N-dealkylation sites (N-methyl/N-ethyl adjacent to an activating group) is 1. The number of rotatable bonds is 15. The lowest BCUT2D eigenvalue weighted by molar-refractivity contribution is -0.142. The molecular weight excluding hydrogens is 520 g/mol. The number of aliphatic carboxylic acids is 1. The Balaban J connectivity index is 2.04. The third-order valence-electron chi connectivity index (χ3n) is 7.81. The molecule has 4 atom stereocenters. The molecule has 2 bridgehead atoms.